The van der Waals surface area contributed by atoms with E-state index in [4.69, 9.17) is 25.5 Å². The highest BCUT2D eigenvalue weighted by Gasteiger charge is 2.39. The molecule has 0 saturated carbocycles. The lowest BCUT2D eigenvalue weighted by Crippen LogP contribution is -2.46. The van der Waals surface area contributed by atoms with Gasteiger partial charge in [-0.3, -0.25) is 0 Å². The summed E-state index contributed by atoms with van der Waals surface area (Å²) in [6, 6.07) is 0. The molecule has 0 bridgehead atoms. The van der Waals surface area contributed by atoms with Gasteiger partial charge in [-0.25, -0.2) is 9.59 Å². The molecule has 7 nitrogen and oxygen atoms in total. The normalized spacial score (nSPS) is 17.5. The molecule has 0 aliphatic heterocycles. The molecule has 13 heavy (non-hydrogen) atoms. The molecule has 2 unspecified atom stereocenters. The Kier molecular flexibility index (Phi) is 3.79. The summed E-state index contributed by atoms with van der Waals surface area (Å²) in [5.74, 6) is -3.44. The van der Waals surface area contributed by atoms with Gasteiger partial charge in [0.05, 0.1) is 6.61 Å². The summed E-state index contributed by atoms with van der Waals surface area (Å²) in [6.07, 6.45) is -2.98. The highest BCUT2D eigenvalue weighted by molar-refractivity contribution is 5.79. The smallest absolute Gasteiger partial charge is 0.338 e. The topological polar surface area (TPSA) is 135 Å². The average Bonchev–Trinajstić information content (AvgIpc) is 2.03. The van der Waals surface area contributed by atoms with Crippen molar-refractivity contribution in [1.82, 2.24) is 0 Å². The fraction of sp³-hybridized carbons (Fsp3) is 0.667. The van der Waals surface area contributed by atoms with Crippen molar-refractivity contribution >= 4 is 11.9 Å². The van der Waals surface area contributed by atoms with E-state index in [1.54, 1.807) is 0 Å². The number of carbonyl (C=O) groups is 2. The number of hydrogen-bond acceptors (Lipinski definition) is 5. The molecular weight excluding hydrogens is 184 g/mol. The summed E-state index contributed by atoms with van der Waals surface area (Å²) in [5, 5.41) is 42.7. The van der Waals surface area contributed by atoms with E-state index in [1.165, 1.54) is 0 Å². The van der Waals surface area contributed by atoms with Gasteiger partial charge in [0.15, 0.2) is 11.7 Å². The van der Waals surface area contributed by atoms with E-state index in [-0.39, 0.29) is 0 Å². The zero-order valence-corrected chi connectivity index (χ0v) is 6.54. The maximum Gasteiger partial charge on any atom is 0.338 e. The highest BCUT2D eigenvalue weighted by Crippen LogP contribution is 2.12. The summed E-state index contributed by atoms with van der Waals surface area (Å²) >= 11 is 0. The Balaban J connectivity index is 4.45. The molecule has 0 aromatic rings. The standard InChI is InChI=1S/C6H10O7/c7-2-6(13,5(11)12)1-3(8)4(9)10/h3,7-8,13H,1-2H2,(H,9,10)(H,11,12). The Labute approximate surface area is 72.9 Å². The van der Waals surface area contributed by atoms with E-state index in [2.05, 4.69) is 0 Å². The maximum absolute atomic E-state index is 10.3. The number of aliphatic hydroxyl groups is 3. The van der Waals surface area contributed by atoms with Crippen LogP contribution in [0.3, 0.4) is 0 Å². The van der Waals surface area contributed by atoms with Crippen LogP contribution < -0.4 is 0 Å². The van der Waals surface area contributed by atoms with Crippen LogP contribution in [0.15, 0.2) is 0 Å². The molecule has 0 aromatic carbocycles. The molecule has 7 heteroatoms. The lowest BCUT2D eigenvalue weighted by Gasteiger charge is -2.21. The summed E-state index contributed by atoms with van der Waals surface area (Å²) in [7, 11) is 0. The second-order valence-corrected chi connectivity index (χ2v) is 2.55. The SMILES string of the molecule is O=C(O)C(O)CC(O)(CO)C(=O)O. The van der Waals surface area contributed by atoms with Gasteiger partial charge < -0.3 is 25.5 Å². The van der Waals surface area contributed by atoms with E-state index in [0.29, 0.717) is 0 Å². The third kappa shape index (κ3) is 2.98. The second-order valence-electron chi connectivity index (χ2n) is 2.55. The van der Waals surface area contributed by atoms with Crippen LogP contribution in [-0.4, -0.2) is 55.8 Å². The van der Waals surface area contributed by atoms with Gasteiger partial charge in [0.1, 0.15) is 0 Å². The van der Waals surface area contributed by atoms with Gasteiger partial charge in [0.2, 0.25) is 0 Å². The molecule has 0 fully saturated rings. The molecule has 0 spiro atoms. The van der Waals surface area contributed by atoms with Crippen molar-refractivity contribution in [1.29, 1.82) is 0 Å². The van der Waals surface area contributed by atoms with Gasteiger partial charge >= 0.3 is 11.9 Å². The van der Waals surface area contributed by atoms with Crippen LogP contribution >= 0.6 is 0 Å². The molecule has 0 aromatic heterocycles. The quantitative estimate of drug-likeness (QED) is 0.330. The Morgan fingerprint density at radius 3 is 2.00 bits per heavy atom. The van der Waals surface area contributed by atoms with Crippen LogP contribution in [0.25, 0.3) is 0 Å². The van der Waals surface area contributed by atoms with Crippen molar-refractivity contribution in [3.05, 3.63) is 0 Å². The molecule has 0 aliphatic rings. The predicted molar refractivity (Wildman–Crippen MR) is 37.9 cm³/mol. The van der Waals surface area contributed by atoms with Gasteiger partial charge in [-0.2, -0.15) is 0 Å². The number of aliphatic carboxylic acids is 2. The van der Waals surface area contributed by atoms with Gasteiger partial charge in [0.25, 0.3) is 0 Å². The molecule has 0 aliphatic carbocycles. The minimum Gasteiger partial charge on any atom is -0.479 e. The van der Waals surface area contributed by atoms with Crippen LogP contribution in [0.4, 0.5) is 0 Å². The van der Waals surface area contributed by atoms with Crippen molar-refractivity contribution in [2.45, 2.75) is 18.1 Å². The van der Waals surface area contributed by atoms with Gasteiger partial charge in [-0.1, -0.05) is 0 Å². The maximum atomic E-state index is 10.3. The molecule has 0 amide bonds. The highest BCUT2D eigenvalue weighted by atomic mass is 16.4. The third-order valence-electron chi connectivity index (χ3n) is 1.48. The Hall–Kier alpha value is -1.18. The van der Waals surface area contributed by atoms with Crippen molar-refractivity contribution in [3.63, 3.8) is 0 Å². The molecule has 0 saturated heterocycles. The number of carboxylic acid groups (broad SMARTS) is 2. The summed E-state index contributed by atoms with van der Waals surface area (Å²) in [4.78, 5) is 20.4. The van der Waals surface area contributed by atoms with Crippen LogP contribution in [-0.2, 0) is 9.59 Å². The molecular formula is C6H10O7. The number of carboxylic acids is 2. The van der Waals surface area contributed by atoms with Crippen molar-refractivity contribution < 1.29 is 35.1 Å². The first-order valence-electron chi connectivity index (χ1n) is 3.31. The first-order chi connectivity index (χ1) is 5.83. The molecule has 5 N–H and O–H groups in total. The predicted octanol–water partition coefficient (Wildman–Crippen LogP) is -2.37. The van der Waals surface area contributed by atoms with E-state index in [9.17, 15) is 9.59 Å². The molecule has 0 heterocycles. The fourth-order valence-electron chi connectivity index (χ4n) is 0.627. The third-order valence-corrected chi connectivity index (χ3v) is 1.48. The zero-order chi connectivity index (χ0) is 10.6. The van der Waals surface area contributed by atoms with Gasteiger partial charge in [-0.05, 0) is 0 Å². The minimum atomic E-state index is -2.61. The van der Waals surface area contributed by atoms with Gasteiger partial charge in [-0.15, -0.1) is 0 Å². The molecule has 2 atom stereocenters. The summed E-state index contributed by atoms with van der Waals surface area (Å²) in [6.45, 7) is -1.16. The van der Waals surface area contributed by atoms with Crippen molar-refractivity contribution in [2.75, 3.05) is 6.61 Å². The number of rotatable bonds is 5. The largest absolute Gasteiger partial charge is 0.479 e. The van der Waals surface area contributed by atoms with Crippen LogP contribution in [0.5, 0.6) is 0 Å². The lowest BCUT2D eigenvalue weighted by molar-refractivity contribution is -0.170. The zero-order valence-electron chi connectivity index (χ0n) is 6.54. The van der Waals surface area contributed by atoms with Gasteiger partial charge in [0, 0.05) is 6.42 Å². The van der Waals surface area contributed by atoms with E-state index >= 15 is 0 Å². The van der Waals surface area contributed by atoms with Crippen LogP contribution in [0, 0.1) is 0 Å². The Morgan fingerprint density at radius 1 is 1.31 bits per heavy atom. The first-order valence-corrected chi connectivity index (χ1v) is 3.31. The monoisotopic (exact) mass is 194 g/mol. The second kappa shape index (κ2) is 4.17. The first kappa shape index (κ1) is 11.8. The summed E-state index contributed by atoms with van der Waals surface area (Å²) in [5.41, 5.74) is -2.61. The van der Waals surface area contributed by atoms with E-state index in [1.807, 2.05) is 0 Å². The Bertz CT molecular complexity index is 213. The number of hydrogen-bond donors (Lipinski definition) is 5. The van der Waals surface area contributed by atoms with E-state index < -0.39 is 36.7 Å². The van der Waals surface area contributed by atoms with Crippen LogP contribution in [0.1, 0.15) is 6.42 Å². The van der Waals surface area contributed by atoms with Crippen molar-refractivity contribution in [3.8, 4) is 0 Å². The molecule has 0 radical (unpaired) electrons. The average molecular weight is 194 g/mol. The summed E-state index contributed by atoms with van der Waals surface area (Å²) < 4.78 is 0. The number of aliphatic hydroxyl groups excluding tert-OH is 2. The van der Waals surface area contributed by atoms with E-state index in [0.717, 1.165) is 0 Å². The lowest BCUT2D eigenvalue weighted by atomic mass is 9.97. The Morgan fingerprint density at radius 2 is 1.77 bits per heavy atom. The van der Waals surface area contributed by atoms with Crippen molar-refractivity contribution in [2.24, 2.45) is 0 Å². The fourth-order valence-corrected chi connectivity index (χ4v) is 0.627. The minimum absolute atomic E-state index is 0.964. The molecule has 0 rings (SSSR count). The van der Waals surface area contributed by atoms with Crippen LogP contribution in [0.2, 0.25) is 0 Å². The molecule has 76 valence electrons.